The first kappa shape index (κ1) is 27.7. The number of carbonyl (C=O) groups excluding carboxylic acids is 1. The maximum atomic E-state index is 13.5. The van der Waals surface area contributed by atoms with Gasteiger partial charge >= 0.3 is 0 Å². The van der Waals surface area contributed by atoms with Gasteiger partial charge in [0.25, 0.3) is 6.02 Å². The van der Waals surface area contributed by atoms with Crippen molar-refractivity contribution in [1.29, 1.82) is 0 Å². The molecule has 1 aliphatic carbocycles. The summed E-state index contributed by atoms with van der Waals surface area (Å²) in [5, 5.41) is 0. The second kappa shape index (κ2) is 12.6. The van der Waals surface area contributed by atoms with Crippen molar-refractivity contribution in [2.24, 2.45) is 22.7 Å². The number of benzene rings is 1. The zero-order valence-electron chi connectivity index (χ0n) is 23.8. The predicted octanol–water partition coefficient (Wildman–Crippen LogP) is 6.24. The molecule has 0 bridgehead atoms. The van der Waals surface area contributed by atoms with Crippen LogP contribution in [0.25, 0.3) is 5.57 Å². The Morgan fingerprint density at radius 1 is 1.13 bits per heavy atom. The molecule has 0 N–H and O–H groups in total. The molecular weight excluding hydrogens is 493 g/mol. The molecule has 4 aliphatic rings. The molecule has 1 aromatic carbocycles. The maximum absolute atomic E-state index is 13.5. The Hall–Kier alpha value is -2.83. The van der Waals surface area contributed by atoms with E-state index in [9.17, 15) is 9.18 Å². The first-order chi connectivity index (χ1) is 18.9. The molecule has 6 nitrogen and oxygen atoms in total. The number of carbonyl (C=O) groups is 1. The number of nitrogens with zero attached hydrogens (tertiary/aromatic N) is 3. The monoisotopic (exact) mass is 537 g/mol. The summed E-state index contributed by atoms with van der Waals surface area (Å²) in [7, 11) is 0. The van der Waals surface area contributed by atoms with Gasteiger partial charge in [-0.3, -0.25) is 4.79 Å². The van der Waals surface area contributed by atoms with E-state index in [-0.39, 0.29) is 24.5 Å². The van der Waals surface area contributed by atoms with Crippen LogP contribution in [0.1, 0.15) is 71.3 Å². The van der Waals surface area contributed by atoms with E-state index in [0.717, 1.165) is 75.7 Å². The van der Waals surface area contributed by atoms with Crippen molar-refractivity contribution < 1.29 is 18.7 Å². The fourth-order valence-electron chi connectivity index (χ4n) is 5.97. The van der Waals surface area contributed by atoms with Crippen molar-refractivity contribution >= 4 is 17.5 Å². The highest BCUT2D eigenvalue weighted by atomic mass is 19.1. The zero-order valence-corrected chi connectivity index (χ0v) is 23.8. The average Bonchev–Trinajstić information content (AvgIpc) is 3.42. The molecule has 0 saturated carbocycles. The Morgan fingerprint density at radius 2 is 1.90 bits per heavy atom. The molecule has 212 valence electrons. The smallest absolute Gasteiger partial charge is 0.292 e. The third-order valence-electron chi connectivity index (χ3n) is 8.63. The summed E-state index contributed by atoms with van der Waals surface area (Å²) in [6.07, 6.45) is 9.64. The molecule has 0 spiro atoms. The second-order valence-electron chi connectivity index (χ2n) is 11.8. The molecule has 1 aromatic rings. The van der Waals surface area contributed by atoms with E-state index in [4.69, 9.17) is 14.5 Å². The van der Waals surface area contributed by atoms with Crippen LogP contribution in [-0.2, 0) is 9.53 Å². The number of hydrogen-bond acceptors (Lipinski definition) is 5. The number of amides is 1. The largest absolute Gasteiger partial charge is 0.493 e. The molecule has 3 unspecified atom stereocenters. The van der Waals surface area contributed by atoms with Crippen LogP contribution in [0.3, 0.4) is 0 Å². The van der Waals surface area contributed by atoms with E-state index in [1.54, 1.807) is 4.90 Å². The quantitative estimate of drug-likeness (QED) is 0.413. The number of halogens is 1. The van der Waals surface area contributed by atoms with Crippen molar-refractivity contribution in [3.8, 4) is 5.75 Å². The van der Waals surface area contributed by atoms with Gasteiger partial charge in [0.05, 0.1) is 13.2 Å². The van der Waals surface area contributed by atoms with E-state index < -0.39 is 6.17 Å². The molecule has 2 fully saturated rings. The Morgan fingerprint density at radius 3 is 2.51 bits per heavy atom. The van der Waals surface area contributed by atoms with Crippen molar-refractivity contribution in [1.82, 2.24) is 9.80 Å². The minimum absolute atomic E-state index is 0.00776. The van der Waals surface area contributed by atoms with Crippen molar-refractivity contribution in [2.45, 2.75) is 78.0 Å². The normalized spacial score (nSPS) is 26.2. The summed E-state index contributed by atoms with van der Waals surface area (Å²) in [6, 6.07) is 9.16. The number of amidine groups is 1. The van der Waals surface area contributed by atoms with Crippen LogP contribution in [0.4, 0.5) is 4.39 Å². The van der Waals surface area contributed by atoms with Gasteiger partial charge < -0.3 is 19.3 Å². The fraction of sp³-hybridized carbons (Fsp3) is 0.625. The molecule has 0 radical (unpaired) electrons. The topological polar surface area (TPSA) is 54.4 Å². The van der Waals surface area contributed by atoms with E-state index in [1.807, 2.05) is 0 Å². The molecule has 2 saturated heterocycles. The van der Waals surface area contributed by atoms with Gasteiger partial charge in [0, 0.05) is 31.2 Å². The highest BCUT2D eigenvalue weighted by molar-refractivity contribution is 5.81. The van der Waals surface area contributed by atoms with Gasteiger partial charge in [0.15, 0.2) is 0 Å². The standard InChI is InChI=1S/C32H44FN3O3/c1-4-28-19-30(22(2)3)34-32(39-28)35-16-13-23(14-17-35)21-38-29-11-9-25(10-12-29)24-5-7-26(8-6-24)31(37)36-18-15-27(33)20-36/h5,9-12,19,22-23,26-28H,4,6-8,13-18,20-21H2,1-3H3. The summed E-state index contributed by atoms with van der Waals surface area (Å²) in [6.45, 7) is 9.96. The average molecular weight is 538 g/mol. The fourth-order valence-corrected chi connectivity index (χ4v) is 5.97. The third kappa shape index (κ3) is 6.85. The number of ether oxygens (including phenoxy) is 2. The molecule has 3 aliphatic heterocycles. The molecule has 5 rings (SSSR count). The lowest BCUT2D eigenvalue weighted by Gasteiger charge is -2.36. The van der Waals surface area contributed by atoms with Gasteiger partial charge in [-0.15, -0.1) is 0 Å². The molecule has 3 heterocycles. The van der Waals surface area contributed by atoms with Crippen molar-refractivity contribution in [3.05, 3.63) is 47.7 Å². The Bertz CT molecular complexity index is 1090. The van der Waals surface area contributed by atoms with Crippen LogP contribution in [-0.4, -0.2) is 66.8 Å². The number of allylic oxidation sites excluding steroid dienone is 3. The molecular formula is C32H44FN3O3. The maximum Gasteiger partial charge on any atom is 0.292 e. The second-order valence-corrected chi connectivity index (χ2v) is 11.8. The number of alkyl halides is 1. The van der Waals surface area contributed by atoms with Gasteiger partial charge in [-0.2, -0.15) is 0 Å². The number of rotatable bonds is 7. The lowest BCUT2D eigenvalue weighted by molar-refractivity contribution is -0.134. The molecule has 39 heavy (non-hydrogen) atoms. The van der Waals surface area contributed by atoms with Crippen LogP contribution in [0.15, 0.2) is 47.1 Å². The Balaban J connectivity index is 1.07. The minimum atomic E-state index is -0.854. The minimum Gasteiger partial charge on any atom is -0.493 e. The summed E-state index contributed by atoms with van der Waals surface area (Å²) < 4.78 is 25.8. The van der Waals surface area contributed by atoms with E-state index in [0.29, 0.717) is 24.8 Å². The Labute approximate surface area is 232 Å². The van der Waals surface area contributed by atoms with Crippen molar-refractivity contribution in [2.75, 3.05) is 32.8 Å². The molecule has 3 atom stereocenters. The Kier molecular flexibility index (Phi) is 8.93. The van der Waals surface area contributed by atoms with Crippen LogP contribution >= 0.6 is 0 Å². The summed E-state index contributed by atoms with van der Waals surface area (Å²) in [4.78, 5) is 21.5. The van der Waals surface area contributed by atoms with E-state index in [1.165, 1.54) is 11.1 Å². The van der Waals surface area contributed by atoms with E-state index >= 15 is 0 Å². The number of piperidine rings is 1. The summed E-state index contributed by atoms with van der Waals surface area (Å²) >= 11 is 0. The molecule has 1 amide bonds. The van der Waals surface area contributed by atoms with Crippen molar-refractivity contribution in [3.63, 3.8) is 0 Å². The predicted molar refractivity (Wildman–Crippen MR) is 153 cm³/mol. The number of hydrogen-bond donors (Lipinski definition) is 0. The summed E-state index contributed by atoms with van der Waals surface area (Å²) in [5.74, 6) is 1.94. The summed E-state index contributed by atoms with van der Waals surface area (Å²) in [5.41, 5.74) is 3.61. The lowest BCUT2D eigenvalue weighted by atomic mass is 9.86. The van der Waals surface area contributed by atoms with Gasteiger partial charge in [-0.1, -0.05) is 39.0 Å². The number of aliphatic imine (C=N–C) groups is 1. The lowest BCUT2D eigenvalue weighted by Crippen LogP contribution is -2.43. The molecule has 7 heteroatoms. The van der Waals surface area contributed by atoms with Gasteiger partial charge in [-0.05, 0) is 86.1 Å². The van der Waals surface area contributed by atoms with Crippen LogP contribution < -0.4 is 4.74 Å². The van der Waals surface area contributed by atoms with Crippen LogP contribution in [0, 0.1) is 17.8 Å². The van der Waals surface area contributed by atoms with E-state index in [2.05, 4.69) is 62.1 Å². The molecule has 0 aromatic heterocycles. The zero-order chi connectivity index (χ0) is 27.4. The highest BCUT2D eigenvalue weighted by Gasteiger charge is 2.32. The van der Waals surface area contributed by atoms with Gasteiger partial charge in [0.2, 0.25) is 5.91 Å². The third-order valence-corrected chi connectivity index (χ3v) is 8.63. The highest BCUT2D eigenvalue weighted by Crippen LogP contribution is 2.33. The number of likely N-dealkylation sites (tertiary alicyclic amines) is 2. The van der Waals surface area contributed by atoms with Crippen LogP contribution in [0.2, 0.25) is 0 Å². The van der Waals surface area contributed by atoms with Gasteiger partial charge in [-0.25, -0.2) is 9.38 Å². The SMILES string of the molecule is CCC1C=C(C(C)C)N=C(N2CCC(COc3ccc(C4=CCC(C(=O)N5CCC(F)C5)CC4)cc3)CC2)O1. The first-order valence-electron chi connectivity index (χ1n) is 15.0. The first-order valence-corrected chi connectivity index (χ1v) is 15.0. The van der Waals surface area contributed by atoms with Gasteiger partial charge in [0.1, 0.15) is 18.0 Å². The van der Waals surface area contributed by atoms with Crippen LogP contribution in [0.5, 0.6) is 5.75 Å².